The Hall–Kier alpha value is 2.72. The molecule has 0 aliphatic rings. The van der Waals surface area contributed by atoms with Gasteiger partial charge < -0.3 is 0 Å². The summed E-state index contributed by atoms with van der Waals surface area (Å²) < 4.78 is 10.0. The molecule has 0 saturated heterocycles. The van der Waals surface area contributed by atoms with Crippen LogP contribution in [-0.2, 0) is 3.07 Å². The molecule has 2 radical (unpaired) electrons. The molecule has 0 fully saturated rings. The Labute approximate surface area is 248 Å². The summed E-state index contributed by atoms with van der Waals surface area (Å²) in [4.78, 5) is 0. The van der Waals surface area contributed by atoms with E-state index in [1.54, 1.807) is 0 Å². The topological polar surface area (TPSA) is 9.23 Å². The van der Waals surface area contributed by atoms with Crippen molar-refractivity contribution in [2.45, 2.75) is 161 Å². The fourth-order valence-corrected chi connectivity index (χ4v) is 25.0. The minimum atomic E-state index is -2.13. The molecule has 0 amide bonds. The fraction of sp³-hybridized carbons (Fsp3) is 1.00. The molecule has 0 rings (SSSR count). The number of halogens is 4. The van der Waals surface area contributed by atoms with Crippen molar-refractivity contribution < 1.29 is 3.07 Å². The van der Waals surface area contributed by atoms with Crippen molar-refractivity contribution in [3.63, 3.8) is 0 Å². The van der Waals surface area contributed by atoms with Crippen molar-refractivity contribution in [3.05, 3.63) is 0 Å². The second-order valence-electron chi connectivity index (χ2n) is 9.91. The van der Waals surface area contributed by atoms with Crippen LogP contribution in [0.1, 0.15) is 130 Å². The van der Waals surface area contributed by atoms with Crippen LogP contribution in [0.25, 0.3) is 0 Å². The van der Waals surface area contributed by atoms with E-state index in [-0.39, 0.29) is 3.39 Å². The Morgan fingerprint density at radius 2 is 0.941 bits per heavy atom. The van der Waals surface area contributed by atoms with Crippen molar-refractivity contribution >= 4 is 86.3 Å². The molecule has 0 bridgehead atoms. The summed E-state index contributed by atoms with van der Waals surface area (Å²) in [5, 5.41) is -0.495. The molecule has 0 aromatic heterocycles. The summed E-state index contributed by atoms with van der Waals surface area (Å²) in [5.74, 6) is 0. The molecule has 34 heavy (non-hydrogen) atoms. The number of hydrogen-bond acceptors (Lipinski definition) is 1. The summed E-state index contributed by atoms with van der Waals surface area (Å²) in [7, 11) is 0. The minimum absolute atomic E-state index is 0.0627. The Morgan fingerprint density at radius 1 is 0.559 bits per heavy atom. The number of hydrogen-bond donors (Lipinski definition) is 0. The first-order valence-corrected chi connectivity index (χ1v) is 26.9. The molecule has 2 unspecified atom stereocenters. The molecule has 0 heterocycles. The SMILES string of the molecule is CCCCCCC[CH2][Sn]([CH2]CCCCCCC)[CH](Cl)C(Cl)C(Cl)(Cl)[O][Sn]([CH2]CCC)[CH2]CCC. The van der Waals surface area contributed by atoms with Crippen molar-refractivity contribution in [2.24, 2.45) is 0 Å². The van der Waals surface area contributed by atoms with Crippen molar-refractivity contribution in [1.82, 2.24) is 0 Å². The molecular formula is C27H54Cl4OSn2. The van der Waals surface area contributed by atoms with Crippen LogP contribution in [0.4, 0.5) is 0 Å². The fourth-order valence-electron chi connectivity index (χ4n) is 4.27. The van der Waals surface area contributed by atoms with E-state index < -0.39 is 49.8 Å². The van der Waals surface area contributed by atoms with Gasteiger partial charge in [-0.15, -0.1) is 0 Å². The number of alkyl halides is 4. The van der Waals surface area contributed by atoms with Crippen LogP contribution in [0.3, 0.4) is 0 Å². The Morgan fingerprint density at radius 3 is 1.35 bits per heavy atom. The van der Waals surface area contributed by atoms with Crippen molar-refractivity contribution in [3.8, 4) is 0 Å². The zero-order chi connectivity index (χ0) is 25.7. The maximum atomic E-state index is 7.13. The second kappa shape index (κ2) is 24.7. The summed E-state index contributed by atoms with van der Waals surface area (Å²) >= 11 is 23.6. The molecular weight excluding hydrogens is 720 g/mol. The van der Waals surface area contributed by atoms with Gasteiger partial charge in [-0.1, -0.05) is 0 Å². The van der Waals surface area contributed by atoms with E-state index in [1.807, 2.05) is 0 Å². The summed E-state index contributed by atoms with van der Waals surface area (Å²) in [6.45, 7) is 9.02. The average Bonchev–Trinajstić information content (AvgIpc) is 2.82. The van der Waals surface area contributed by atoms with Gasteiger partial charge in [0.25, 0.3) is 0 Å². The number of unbranched alkanes of at least 4 members (excludes halogenated alkanes) is 12. The van der Waals surface area contributed by atoms with Crippen LogP contribution in [0.2, 0.25) is 17.7 Å². The van der Waals surface area contributed by atoms with Crippen LogP contribution in [-0.4, -0.2) is 53.2 Å². The molecule has 0 aliphatic carbocycles. The monoisotopic (exact) mass is 774 g/mol. The van der Waals surface area contributed by atoms with Gasteiger partial charge in [-0.25, -0.2) is 0 Å². The molecule has 1 nitrogen and oxygen atoms in total. The quantitative estimate of drug-likeness (QED) is 0.0510. The molecule has 7 heteroatoms. The summed E-state index contributed by atoms with van der Waals surface area (Å²) in [5.41, 5.74) is 0. The zero-order valence-corrected chi connectivity index (χ0v) is 31.4. The van der Waals surface area contributed by atoms with Crippen molar-refractivity contribution in [1.29, 1.82) is 0 Å². The van der Waals surface area contributed by atoms with Gasteiger partial charge in [0.15, 0.2) is 0 Å². The molecule has 204 valence electrons. The van der Waals surface area contributed by atoms with E-state index in [0.29, 0.717) is 0 Å². The van der Waals surface area contributed by atoms with E-state index in [9.17, 15) is 0 Å². The Balaban J connectivity index is 4.97. The third-order valence-corrected chi connectivity index (χ3v) is 27.6. The van der Waals surface area contributed by atoms with Crippen LogP contribution in [0.15, 0.2) is 0 Å². The van der Waals surface area contributed by atoms with Crippen LogP contribution in [0.5, 0.6) is 0 Å². The van der Waals surface area contributed by atoms with Gasteiger partial charge in [0, 0.05) is 0 Å². The second-order valence-corrected chi connectivity index (χ2v) is 28.1. The van der Waals surface area contributed by atoms with Crippen LogP contribution < -0.4 is 0 Å². The van der Waals surface area contributed by atoms with E-state index in [4.69, 9.17) is 49.5 Å². The average molecular weight is 774 g/mol. The molecule has 0 N–H and O–H groups in total. The predicted octanol–water partition coefficient (Wildman–Crippen LogP) is 11.7. The Bertz CT molecular complexity index is 419. The molecule has 0 aromatic carbocycles. The summed E-state index contributed by atoms with van der Waals surface area (Å²) in [6, 6.07) is 0. The van der Waals surface area contributed by atoms with E-state index in [0.717, 1.165) is 0 Å². The van der Waals surface area contributed by atoms with Gasteiger partial charge in [-0.05, 0) is 0 Å². The van der Waals surface area contributed by atoms with Gasteiger partial charge >= 0.3 is 251 Å². The standard InChI is InChI=1S/2C8H17.2C4H9.C3H2Cl4O.2Sn/c2*1-3-5-7-8-6-4-2;2*1-3-4-2;4-1-2(5)3(6,7)8;;/h2*1,3-8H2,2H3;2*1,3-4H2,2H3;1-2H;;/q;;;;-1;;+1. The first kappa shape index (κ1) is 36.7. The van der Waals surface area contributed by atoms with Crippen LogP contribution >= 0.6 is 46.4 Å². The van der Waals surface area contributed by atoms with Gasteiger partial charge in [-0.3, -0.25) is 0 Å². The maximum absolute atomic E-state index is 7.13. The Kier molecular flexibility index (Phi) is 26.7. The first-order chi connectivity index (χ1) is 16.3. The molecule has 0 saturated carbocycles. The number of rotatable bonds is 25. The molecule has 0 aromatic rings. The zero-order valence-electron chi connectivity index (χ0n) is 22.7. The van der Waals surface area contributed by atoms with Gasteiger partial charge in [-0.2, -0.15) is 0 Å². The van der Waals surface area contributed by atoms with Crippen molar-refractivity contribution in [2.75, 3.05) is 0 Å². The molecule has 0 aliphatic heterocycles. The van der Waals surface area contributed by atoms with Gasteiger partial charge in [0.2, 0.25) is 0 Å². The molecule has 0 spiro atoms. The third kappa shape index (κ3) is 18.9. The van der Waals surface area contributed by atoms with E-state index in [1.165, 1.54) is 120 Å². The third-order valence-electron chi connectivity index (χ3n) is 6.57. The normalized spacial score (nSPS) is 14.3. The van der Waals surface area contributed by atoms with Gasteiger partial charge in [0.1, 0.15) is 0 Å². The van der Waals surface area contributed by atoms with Crippen LogP contribution in [0, 0.1) is 0 Å². The van der Waals surface area contributed by atoms with E-state index >= 15 is 0 Å². The van der Waals surface area contributed by atoms with Gasteiger partial charge in [0.05, 0.1) is 0 Å². The summed E-state index contributed by atoms with van der Waals surface area (Å²) in [6.07, 6.45) is 20.8. The first-order valence-electron chi connectivity index (χ1n) is 14.4. The van der Waals surface area contributed by atoms with E-state index in [2.05, 4.69) is 27.7 Å². The predicted molar refractivity (Wildman–Crippen MR) is 162 cm³/mol. The molecule has 2 atom stereocenters.